The van der Waals surface area contributed by atoms with Crippen molar-refractivity contribution in [2.24, 2.45) is 5.41 Å². The molecule has 11 nitrogen and oxygen atoms in total. The van der Waals surface area contributed by atoms with Gasteiger partial charge in [-0.2, -0.15) is 20.1 Å². The lowest BCUT2D eigenvalue weighted by molar-refractivity contribution is -0.111. The van der Waals surface area contributed by atoms with E-state index in [1.54, 1.807) is 24.4 Å². The van der Waals surface area contributed by atoms with Crippen molar-refractivity contribution >= 4 is 29.2 Å². The lowest BCUT2D eigenvalue weighted by Gasteiger charge is -2.37. The molecule has 2 aliphatic heterocycles. The lowest BCUT2D eigenvalue weighted by atomic mass is 9.89. The number of aliphatic hydroxyl groups excluding tert-OH is 1. The minimum Gasteiger partial charge on any atom is -0.392 e. The quantitative estimate of drug-likeness (QED) is 0.288. The molecule has 42 heavy (non-hydrogen) atoms. The summed E-state index contributed by atoms with van der Waals surface area (Å²) in [5.41, 5.74) is 9.99. The fourth-order valence-corrected chi connectivity index (χ4v) is 5.82. The van der Waals surface area contributed by atoms with Gasteiger partial charge in [0.2, 0.25) is 11.9 Å². The van der Waals surface area contributed by atoms with E-state index in [4.69, 9.17) is 10.5 Å². The minimum absolute atomic E-state index is 0.0140. The molecule has 3 aliphatic rings. The highest BCUT2D eigenvalue weighted by atomic mass is 19.1. The average Bonchev–Trinajstić information content (AvgIpc) is 3.72. The summed E-state index contributed by atoms with van der Waals surface area (Å²) in [4.78, 5) is 28.2. The fraction of sp³-hybridized carbons (Fsp3) is 0.367. The molecule has 0 radical (unpaired) electrons. The topological polar surface area (TPSA) is 144 Å². The molecule has 216 valence electrons. The number of carbonyl (C=O) groups excluding carboxylic acids is 1. The zero-order chi connectivity index (χ0) is 29.0. The number of ether oxygens (including phenoxy) is 1. The average molecular weight is 571 g/mol. The van der Waals surface area contributed by atoms with Gasteiger partial charge in [0.1, 0.15) is 5.82 Å². The van der Waals surface area contributed by atoms with E-state index in [2.05, 4.69) is 32.3 Å². The summed E-state index contributed by atoms with van der Waals surface area (Å²) < 4.78 is 22.4. The standard InChI is InChI=1S/C30H31FN8O3/c1-30(15-42-16-30)14-38-12-20(11-33-38)34-29-36-26(35-28(32)37-29)21-3-2-4-24(22(21)13-40)39-8-7-18-9-19(17-5-6-17)10-23(31)25(18)27(39)41/h2-4,9-12,17,40H,5-8,13-16H2,1H3,(H3,32,34,35,36,37). The van der Waals surface area contributed by atoms with Crippen LogP contribution < -0.4 is 16.0 Å². The molecule has 7 rings (SSSR count). The number of hydrogen-bond acceptors (Lipinski definition) is 9. The molecule has 1 aliphatic carbocycles. The number of hydrogen-bond donors (Lipinski definition) is 3. The number of nitrogens with two attached hydrogens (primary N) is 1. The van der Waals surface area contributed by atoms with E-state index in [9.17, 15) is 9.90 Å². The van der Waals surface area contributed by atoms with E-state index < -0.39 is 18.3 Å². The predicted molar refractivity (Wildman–Crippen MR) is 154 cm³/mol. The van der Waals surface area contributed by atoms with Crippen molar-refractivity contribution in [3.8, 4) is 11.4 Å². The Morgan fingerprint density at radius 3 is 2.79 bits per heavy atom. The van der Waals surface area contributed by atoms with Crippen LogP contribution in [-0.4, -0.2) is 55.5 Å². The van der Waals surface area contributed by atoms with Crippen LogP contribution in [0.1, 0.15) is 52.7 Å². The molecule has 0 atom stereocenters. The number of aromatic nitrogens is 5. The number of amides is 1. The van der Waals surface area contributed by atoms with Crippen molar-refractivity contribution in [3.63, 3.8) is 0 Å². The van der Waals surface area contributed by atoms with Crippen molar-refractivity contribution in [2.75, 3.05) is 35.7 Å². The largest absolute Gasteiger partial charge is 0.392 e. The molecule has 2 fully saturated rings. The third kappa shape index (κ3) is 4.86. The first-order valence-corrected chi connectivity index (χ1v) is 14.1. The SMILES string of the molecule is CC1(Cn2cc(Nc3nc(N)nc(-c4cccc(N5CCc6cc(C7CC7)cc(F)c6C5=O)c4CO)n3)cn2)COC1. The lowest BCUT2D eigenvalue weighted by Crippen LogP contribution is -2.43. The predicted octanol–water partition coefficient (Wildman–Crippen LogP) is 3.81. The van der Waals surface area contributed by atoms with Crippen LogP contribution in [0.25, 0.3) is 11.4 Å². The van der Waals surface area contributed by atoms with E-state index in [1.165, 1.54) is 11.0 Å². The Balaban J connectivity index is 1.18. The van der Waals surface area contributed by atoms with Crippen LogP contribution in [0.2, 0.25) is 0 Å². The smallest absolute Gasteiger partial charge is 0.261 e. The molecule has 0 unspecified atom stereocenters. The van der Waals surface area contributed by atoms with Gasteiger partial charge in [-0.1, -0.05) is 25.1 Å². The number of benzene rings is 2. The van der Waals surface area contributed by atoms with Crippen molar-refractivity contribution in [2.45, 2.75) is 45.3 Å². The number of nitrogen functional groups attached to an aromatic ring is 1. The molecule has 0 spiro atoms. The summed E-state index contributed by atoms with van der Waals surface area (Å²) in [5, 5.41) is 18.0. The van der Waals surface area contributed by atoms with Crippen LogP contribution >= 0.6 is 0 Å². The van der Waals surface area contributed by atoms with Crippen molar-refractivity contribution < 1.29 is 19.0 Å². The maximum atomic E-state index is 15.2. The van der Waals surface area contributed by atoms with E-state index in [-0.39, 0.29) is 28.7 Å². The summed E-state index contributed by atoms with van der Waals surface area (Å²) in [6.45, 7) is 4.22. The highest BCUT2D eigenvalue weighted by Gasteiger charge is 2.35. The number of rotatable bonds is 8. The van der Waals surface area contributed by atoms with Gasteiger partial charge in [0.25, 0.3) is 5.91 Å². The number of nitrogens with one attached hydrogen (secondary N) is 1. The first-order valence-electron chi connectivity index (χ1n) is 14.1. The maximum Gasteiger partial charge on any atom is 0.261 e. The third-order valence-corrected chi connectivity index (χ3v) is 8.13. The van der Waals surface area contributed by atoms with Gasteiger partial charge in [-0.25, -0.2) is 4.39 Å². The summed E-state index contributed by atoms with van der Waals surface area (Å²) in [7, 11) is 0. The monoisotopic (exact) mass is 570 g/mol. The summed E-state index contributed by atoms with van der Waals surface area (Å²) in [6, 6.07) is 8.71. The molecule has 1 amide bonds. The van der Waals surface area contributed by atoms with Crippen LogP contribution in [0.5, 0.6) is 0 Å². The van der Waals surface area contributed by atoms with Crippen molar-refractivity contribution in [3.05, 3.63) is 70.8 Å². The van der Waals surface area contributed by atoms with E-state index >= 15 is 4.39 Å². The Morgan fingerprint density at radius 1 is 1.21 bits per heavy atom. The summed E-state index contributed by atoms with van der Waals surface area (Å²) in [5.74, 6) is -0.108. The van der Waals surface area contributed by atoms with Crippen molar-refractivity contribution in [1.29, 1.82) is 0 Å². The van der Waals surface area contributed by atoms with Gasteiger partial charge in [0.05, 0.1) is 49.5 Å². The van der Waals surface area contributed by atoms with Crippen LogP contribution in [0.4, 0.5) is 27.7 Å². The molecule has 2 aromatic heterocycles. The Bertz CT molecular complexity index is 1700. The number of nitrogens with zero attached hydrogens (tertiary/aromatic N) is 6. The van der Waals surface area contributed by atoms with Crippen LogP contribution in [0.15, 0.2) is 42.7 Å². The highest BCUT2D eigenvalue weighted by Crippen LogP contribution is 2.42. The van der Waals surface area contributed by atoms with Crippen LogP contribution in [-0.2, 0) is 24.3 Å². The zero-order valence-corrected chi connectivity index (χ0v) is 23.2. The van der Waals surface area contributed by atoms with Gasteiger partial charge in [0, 0.05) is 29.3 Å². The first kappa shape index (κ1) is 26.5. The highest BCUT2D eigenvalue weighted by molar-refractivity contribution is 6.09. The molecule has 0 bridgehead atoms. The van der Waals surface area contributed by atoms with Gasteiger partial charge in [-0.15, -0.1) is 0 Å². The summed E-state index contributed by atoms with van der Waals surface area (Å²) >= 11 is 0. The van der Waals surface area contributed by atoms with Gasteiger partial charge in [0.15, 0.2) is 5.82 Å². The second-order valence-electron chi connectivity index (χ2n) is 11.7. The van der Waals surface area contributed by atoms with E-state index in [1.807, 2.05) is 16.9 Å². The Morgan fingerprint density at radius 2 is 2.05 bits per heavy atom. The van der Waals surface area contributed by atoms with Gasteiger partial charge < -0.3 is 25.8 Å². The molecule has 4 heterocycles. The molecule has 12 heteroatoms. The number of fused-ring (bicyclic) bond motifs is 1. The third-order valence-electron chi connectivity index (χ3n) is 8.13. The maximum absolute atomic E-state index is 15.2. The fourth-order valence-electron chi connectivity index (χ4n) is 5.82. The normalized spacial score (nSPS) is 17.6. The molecule has 4 N–H and O–H groups in total. The second kappa shape index (κ2) is 10.1. The van der Waals surface area contributed by atoms with Crippen LogP contribution in [0.3, 0.4) is 0 Å². The van der Waals surface area contributed by atoms with Gasteiger partial charge in [-0.05, 0) is 48.4 Å². The van der Waals surface area contributed by atoms with E-state index in [0.717, 1.165) is 30.5 Å². The molecule has 2 aromatic carbocycles. The molecule has 1 saturated heterocycles. The second-order valence-corrected chi connectivity index (χ2v) is 11.7. The Labute approximate surface area is 241 Å². The number of anilines is 4. The molecule has 4 aromatic rings. The Hall–Kier alpha value is -4.42. The minimum atomic E-state index is -0.495. The van der Waals surface area contributed by atoms with Crippen molar-refractivity contribution in [1.82, 2.24) is 24.7 Å². The van der Waals surface area contributed by atoms with Gasteiger partial charge in [-0.3, -0.25) is 9.48 Å². The molecular formula is C30H31FN8O3. The first-order chi connectivity index (χ1) is 20.3. The number of carbonyl (C=O) groups is 1. The zero-order valence-electron chi connectivity index (χ0n) is 23.2. The number of halogens is 1. The molecule has 1 saturated carbocycles. The van der Waals surface area contributed by atoms with Gasteiger partial charge >= 0.3 is 0 Å². The molecular weight excluding hydrogens is 539 g/mol. The van der Waals surface area contributed by atoms with Crippen LogP contribution in [0, 0.1) is 11.2 Å². The Kier molecular flexibility index (Phi) is 6.39. The summed E-state index contributed by atoms with van der Waals surface area (Å²) in [6.07, 6.45) is 6.16. The number of aliphatic hydroxyl groups is 1. The van der Waals surface area contributed by atoms with E-state index in [0.29, 0.717) is 54.6 Å².